The number of hydrogen-bond donors (Lipinski definition) is 1. The van der Waals surface area contributed by atoms with Crippen molar-refractivity contribution in [3.8, 4) is 11.5 Å². The number of carbonyl (C=O) groups is 2. The molecule has 9 heteroatoms. The highest BCUT2D eigenvalue weighted by Gasteiger charge is 2.23. The van der Waals surface area contributed by atoms with Crippen molar-refractivity contribution in [3.05, 3.63) is 75.5 Å². The maximum Gasteiger partial charge on any atom is 0.322 e. The van der Waals surface area contributed by atoms with Gasteiger partial charge in [-0.15, -0.1) is 11.3 Å². The Bertz CT molecular complexity index is 1230. The van der Waals surface area contributed by atoms with E-state index in [1.54, 1.807) is 32.7 Å². The van der Waals surface area contributed by atoms with Crippen molar-refractivity contribution in [3.63, 3.8) is 0 Å². The van der Waals surface area contributed by atoms with Gasteiger partial charge in [-0.3, -0.25) is 4.79 Å². The summed E-state index contributed by atoms with van der Waals surface area (Å²) in [6.07, 6.45) is 1.50. The van der Waals surface area contributed by atoms with E-state index in [1.807, 2.05) is 59.7 Å². The maximum atomic E-state index is 13.7. The van der Waals surface area contributed by atoms with Crippen LogP contribution in [0.5, 0.6) is 11.5 Å². The molecule has 1 heterocycles. The Morgan fingerprint density at radius 1 is 0.923 bits per heavy atom. The van der Waals surface area contributed by atoms with E-state index in [0.29, 0.717) is 49.8 Å². The van der Waals surface area contributed by atoms with Crippen LogP contribution in [0.3, 0.4) is 0 Å². The van der Waals surface area contributed by atoms with E-state index in [9.17, 15) is 9.59 Å². The van der Waals surface area contributed by atoms with E-state index in [4.69, 9.17) is 14.2 Å². The van der Waals surface area contributed by atoms with Crippen molar-refractivity contribution in [1.82, 2.24) is 9.80 Å². The van der Waals surface area contributed by atoms with Crippen molar-refractivity contribution in [2.24, 2.45) is 0 Å². The van der Waals surface area contributed by atoms with Gasteiger partial charge in [0.15, 0.2) is 11.5 Å². The van der Waals surface area contributed by atoms with Crippen molar-refractivity contribution in [2.75, 3.05) is 52.9 Å². The number of nitrogens with zero attached hydrogens (tertiary/aromatic N) is 2. The van der Waals surface area contributed by atoms with Gasteiger partial charge in [-0.25, -0.2) is 4.79 Å². The quantitative estimate of drug-likeness (QED) is 0.290. The Balaban J connectivity index is 1.76. The summed E-state index contributed by atoms with van der Waals surface area (Å²) in [4.78, 5) is 31.4. The lowest BCUT2D eigenvalue weighted by molar-refractivity contribution is -0.132. The number of nitrogens with one attached hydrogen (secondary N) is 1. The summed E-state index contributed by atoms with van der Waals surface area (Å²) < 4.78 is 16.0. The van der Waals surface area contributed by atoms with E-state index >= 15 is 0 Å². The highest BCUT2D eigenvalue weighted by molar-refractivity contribution is 7.10. The number of hydrogen-bond acceptors (Lipinski definition) is 6. The molecule has 2 aromatic carbocycles. The van der Waals surface area contributed by atoms with Gasteiger partial charge in [-0.05, 0) is 72.2 Å². The van der Waals surface area contributed by atoms with Crippen LogP contribution in [0.4, 0.5) is 10.5 Å². The summed E-state index contributed by atoms with van der Waals surface area (Å²) in [5.41, 5.74) is 4.00. The van der Waals surface area contributed by atoms with E-state index in [1.165, 1.54) is 4.90 Å². The first-order valence-corrected chi connectivity index (χ1v) is 13.9. The summed E-state index contributed by atoms with van der Waals surface area (Å²) in [6, 6.07) is 15.2. The molecule has 0 fully saturated rings. The van der Waals surface area contributed by atoms with Gasteiger partial charge >= 0.3 is 6.03 Å². The van der Waals surface area contributed by atoms with Gasteiger partial charge in [-0.2, -0.15) is 0 Å². The number of methoxy groups -OCH3 is 3. The Morgan fingerprint density at radius 3 is 2.38 bits per heavy atom. The molecule has 3 aromatic rings. The molecule has 3 rings (SSSR count). The molecule has 210 valence electrons. The summed E-state index contributed by atoms with van der Waals surface area (Å²) in [7, 11) is 4.79. The molecule has 0 bridgehead atoms. The maximum absolute atomic E-state index is 13.7. The van der Waals surface area contributed by atoms with Gasteiger partial charge in [0.2, 0.25) is 5.91 Å². The molecule has 0 aliphatic heterocycles. The van der Waals surface area contributed by atoms with Crippen molar-refractivity contribution in [1.29, 1.82) is 0 Å². The fourth-order valence-corrected chi connectivity index (χ4v) is 5.04. The first-order valence-electron chi connectivity index (χ1n) is 13.0. The highest BCUT2D eigenvalue weighted by Crippen LogP contribution is 2.28. The van der Waals surface area contributed by atoms with Crippen LogP contribution >= 0.6 is 11.3 Å². The molecule has 3 amide bonds. The molecule has 0 saturated carbocycles. The topological polar surface area (TPSA) is 80.3 Å². The van der Waals surface area contributed by atoms with Crippen molar-refractivity contribution < 1.29 is 23.8 Å². The number of thiophene rings is 1. The van der Waals surface area contributed by atoms with Crippen LogP contribution in [-0.4, -0.2) is 69.3 Å². The van der Waals surface area contributed by atoms with Gasteiger partial charge in [0, 0.05) is 30.8 Å². The molecule has 0 aliphatic rings. The van der Waals surface area contributed by atoms with Crippen LogP contribution in [-0.2, 0) is 28.9 Å². The summed E-state index contributed by atoms with van der Waals surface area (Å²) in [5.74, 6) is 1.18. The number of benzene rings is 2. The molecule has 0 saturated heterocycles. The zero-order chi connectivity index (χ0) is 28.2. The van der Waals surface area contributed by atoms with Crippen LogP contribution in [0.15, 0.2) is 53.9 Å². The lowest BCUT2D eigenvalue weighted by Crippen LogP contribution is -2.46. The number of amides is 3. The summed E-state index contributed by atoms with van der Waals surface area (Å²) >= 11 is 1.63. The minimum atomic E-state index is -0.333. The van der Waals surface area contributed by atoms with Gasteiger partial charge in [0.05, 0.1) is 27.4 Å². The third kappa shape index (κ3) is 8.73. The fourth-order valence-electron chi connectivity index (χ4n) is 4.12. The number of aryl methyl sites for hydroxylation is 2. The Morgan fingerprint density at radius 2 is 1.72 bits per heavy atom. The molecule has 0 aliphatic carbocycles. The zero-order valence-corrected chi connectivity index (χ0v) is 24.3. The predicted octanol–water partition coefficient (Wildman–Crippen LogP) is 5.39. The van der Waals surface area contributed by atoms with E-state index in [0.717, 1.165) is 28.0 Å². The Hall–Kier alpha value is -3.56. The lowest BCUT2D eigenvalue weighted by atomic mass is 10.1. The second-order valence-corrected chi connectivity index (χ2v) is 10.2. The number of ether oxygens (including phenoxy) is 3. The van der Waals surface area contributed by atoms with Crippen LogP contribution in [0, 0.1) is 6.92 Å². The first kappa shape index (κ1) is 30.0. The standard InChI is InChI=1S/C30H39N3O5S/c1-6-23-8-7-9-25(18-23)31-30(35)33(15-16-36-3)21-29(34)32(20-28-22(2)13-17-39-28)14-12-24-10-11-26(37-4)27(19-24)38-5/h7-11,13,17-19H,6,12,14-16,20-21H2,1-5H3,(H,31,35). The normalized spacial score (nSPS) is 10.7. The van der Waals surface area contributed by atoms with Crippen LogP contribution in [0.1, 0.15) is 28.5 Å². The van der Waals surface area contributed by atoms with Crippen LogP contribution in [0.25, 0.3) is 0 Å². The number of urea groups is 1. The number of carbonyl (C=O) groups excluding carboxylic acids is 2. The Kier molecular flexibility index (Phi) is 11.6. The number of rotatable bonds is 14. The lowest BCUT2D eigenvalue weighted by Gasteiger charge is -2.28. The highest BCUT2D eigenvalue weighted by atomic mass is 32.1. The van der Waals surface area contributed by atoms with E-state index in [2.05, 4.69) is 18.3 Å². The minimum Gasteiger partial charge on any atom is -0.493 e. The molecule has 0 atom stereocenters. The molecule has 0 spiro atoms. The molecule has 1 aromatic heterocycles. The SMILES string of the molecule is CCc1cccc(NC(=O)N(CCOC)CC(=O)N(CCc2ccc(OC)c(OC)c2)Cc2sccc2C)c1. The second-order valence-electron chi connectivity index (χ2n) is 9.18. The largest absolute Gasteiger partial charge is 0.493 e. The predicted molar refractivity (Wildman–Crippen MR) is 156 cm³/mol. The zero-order valence-electron chi connectivity index (χ0n) is 23.5. The molecule has 39 heavy (non-hydrogen) atoms. The van der Waals surface area contributed by atoms with Crippen molar-refractivity contribution >= 4 is 29.0 Å². The first-order chi connectivity index (χ1) is 18.9. The molecule has 1 N–H and O–H groups in total. The van der Waals surface area contributed by atoms with E-state index < -0.39 is 0 Å². The summed E-state index contributed by atoms with van der Waals surface area (Å²) in [6.45, 7) is 5.65. The molecule has 0 radical (unpaired) electrons. The van der Waals surface area contributed by atoms with Gasteiger partial charge < -0.3 is 29.3 Å². The summed E-state index contributed by atoms with van der Waals surface area (Å²) in [5, 5.41) is 4.98. The molecule has 8 nitrogen and oxygen atoms in total. The van der Waals surface area contributed by atoms with Gasteiger partial charge in [0.1, 0.15) is 6.54 Å². The van der Waals surface area contributed by atoms with Crippen molar-refractivity contribution in [2.45, 2.75) is 33.2 Å². The van der Waals surface area contributed by atoms with Gasteiger partial charge in [-0.1, -0.05) is 25.1 Å². The smallest absolute Gasteiger partial charge is 0.322 e. The Labute approximate surface area is 235 Å². The molecule has 0 unspecified atom stereocenters. The van der Waals surface area contributed by atoms with Gasteiger partial charge in [0.25, 0.3) is 0 Å². The monoisotopic (exact) mass is 553 g/mol. The van der Waals surface area contributed by atoms with E-state index in [-0.39, 0.29) is 18.5 Å². The second kappa shape index (κ2) is 15.1. The van der Waals surface area contributed by atoms with Crippen LogP contribution in [0.2, 0.25) is 0 Å². The number of anilines is 1. The minimum absolute atomic E-state index is 0.0565. The fraction of sp³-hybridized carbons (Fsp3) is 0.400. The third-order valence-electron chi connectivity index (χ3n) is 6.54. The average molecular weight is 554 g/mol. The van der Waals surface area contributed by atoms with Crippen LogP contribution < -0.4 is 14.8 Å². The average Bonchev–Trinajstić information content (AvgIpc) is 3.36. The molecular weight excluding hydrogens is 514 g/mol. The third-order valence-corrected chi connectivity index (χ3v) is 7.55. The molecular formula is C30H39N3O5S.